The van der Waals surface area contributed by atoms with Crippen LogP contribution in [0.15, 0.2) is 12.4 Å². The molecule has 0 radical (unpaired) electrons. The van der Waals surface area contributed by atoms with E-state index in [-0.39, 0.29) is 0 Å². The first-order valence-electron chi connectivity index (χ1n) is 3.77. The first kappa shape index (κ1) is 7.13. The van der Waals surface area contributed by atoms with Crippen molar-refractivity contribution in [2.45, 2.75) is 12.5 Å². The number of nitrogens with zero attached hydrogens (tertiary/aromatic N) is 2. The van der Waals surface area contributed by atoms with Crippen molar-refractivity contribution in [1.29, 1.82) is 0 Å². The van der Waals surface area contributed by atoms with Gasteiger partial charge in [0.05, 0.1) is 0 Å². The van der Waals surface area contributed by atoms with Crippen LogP contribution in [0.5, 0.6) is 0 Å². The zero-order valence-corrected chi connectivity index (χ0v) is 6.88. The highest BCUT2D eigenvalue weighted by Gasteiger charge is 2.17. The molecule has 0 aliphatic carbocycles. The second-order valence-corrected chi connectivity index (χ2v) is 3.09. The zero-order valence-electron chi connectivity index (χ0n) is 6.13. The molecular formula is C7H10ClN3. The van der Waals surface area contributed by atoms with Gasteiger partial charge in [-0.3, -0.25) is 0 Å². The Labute approximate surface area is 70.4 Å². The minimum atomic E-state index is 0.505. The van der Waals surface area contributed by atoms with Crippen molar-refractivity contribution >= 4 is 11.6 Å². The van der Waals surface area contributed by atoms with Crippen LogP contribution in [0.3, 0.4) is 0 Å². The fraction of sp³-hybridized carbons (Fsp3) is 0.571. The molecule has 1 aliphatic rings. The molecule has 1 aromatic rings. The van der Waals surface area contributed by atoms with Crippen LogP contribution in [-0.2, 0) is 0 Å². The molecule has 4 heteroatoms. The lowest BCUT2D eigenvalue weighted by atomic mass is 10.3. The van der Waals surface area contributed by atoms with Gasteiger partial charge in [-0.05, 0) is 24.6 Å². The van der Waals surface area contributed by atoms with Crippen molar-refractivity contribution in [2.75, 3.05) is 13.1 Å². The average molecular weight is 172 g/mol. The quantitative estimate of drug-likeness (QED) is 0.685. The van der Waals surface area contributed by atoms with Gasteiger partial charge in [0.2, 0.25) is 5.28 Å². The van der Waals surface area contributed by atoms with E-state index in [2.05, 4.69) is 10.3 Å². The van der Waals surface area contributed by atoms with E-state index in [4.69, 9.17) is 11.6 Å². The molecule has 0 amide bonds. The monoisotopic (exact) mass is 171 g/mol. The molecule has 1 N–H and O–H groups in total. The molecule has 60 valence electrons. The molecule has 0 aromatic carbocycles. The van der Waals surface area contributed by atoms with E-state index >= 15 is 0 Å². The molecule has 3 nitrogen and oxygen atoms in total. The molecule has 11 heavy (non-hydrogen) atoms. The summed E-state index contributed by atoms with van der Waals surface area (Å²) in [7, 11) is 0. The predicted molar refractivity (Wildman–Crippen MR) is 43.8 cm³/mol. The second-order valence-electron chi connectivity index (χ2n) is 2.75. The molecule has 0 bridgehead atoms. The lowest BCUT2D eigenvalue weighted by Gasteiger charge is -2.10. The minimum absolute atomic E-state index is 0.505. The van der Waals surface area contributed by atoms with Crippen LogP contribution < -0.4 is 5.32 Å². The summed E-state index contributed by atoms with van der Waals surface area (Å²) in [5.41, 5.74) is 0. The molecule has 1 fully saturated rings. The first-order valence-corrected chi connectivity index (χ1v) is 4.15. The first-order chi connectivity index (χ1) is 5.38. The summed E-state index contributed by atoms with van der Waals surface area (Å²) in [6.45, 7) is 2.09. The largest absolute Gasteiger partial charge is 0.317 e. The lowest BCUT2D eigenvalue weighted by Crippen LogP contribution is -2.12. The number of imidazole rings is 1. The van der Waals surface area contributed by atoms with Gasteiger partial charge in [-0.2, -0.15) is 0 Å². The van der Waals surface area contributed by atoms with Crippen molar-refractivity contribution in [3.63, 3.8) is 0 Å². The van der Waals surface area contributed by atoms with E-state index in [1.54, 1.807) is 6.20 Å². The smallest absolute Gasteiger partial charge is 0.202 e. The number of halogens is 1. The van der Waals surface area contributed by atoms with Gasteiger partial charge < -0.3 is 9.88 Å². The van der Waals surface area contributed by atoms with Crippen LogP contribution >= 0.6 is 11.6 Å². The van der Waals surface area contributed by atoms with Crippen LogP contribution in [0, 0.1) is 0 Å². The van der Waals surface area contributed by atoms with Crippen LogP contribution in [0.4, 0.5) is 0 Å². The molecule has 1 aliphatic heterocycles. The number of rotatable bonds is 1. The van der Waals surface area contributed by atoms with Gasteiger partial charge in [0.15, 0.2) is 0 Å². The summed E-state index contributed by atoms with van der Waals surface area (Å²) in [5.74, 6) is 0. The van der Waals surface area contributed by atoms with E-state index in [1.807, 2.05) is 10.8 Å². The van der Waals surface area contributed by atoms with Gasteiger partial charge in [0.1, 0.15) is 0 Å². The Morgan fingerprint density at radius 3 is 3.18 bits per heavy atom. The molecule has 0 saturated carbocycles. The predicted octanol–water partition coefficient (Wildman–Crippen LogP) is 1.07. The Bertz CT molecular complexity index is 240. The molecule has 1 atom stereocenters. The fourth-order valence-electron chi connectivity index (χ4n) is 1.44. The van der Waals surface area contributed by atoms with Gasteiger partial charge in [-0.25, -0.2) is 4.98 Å². The average Bonchev–Trinajstić information content (AvgIpc) is 2.55. The Balaban J connectivity index is 2.21. The topological polar surface area (TPSA) is 29.9 Å². The Morgan fingerprint density at radius 2 is 2.64 bits per heavy atom. The van der Waals surface area contributed by atoms with Crippen molar-refractivity contribution < 1.29 is 0 Å². The Morgan fingerprint density at radius 1 is 1.73 bits per heavy atom. The summed E-state index contributed by atoms with van der Waals surface area (Å²) in [6, 6.07) is 0.505. The molecule has 1 saturated heterocycles. The van der Waals surface area contributed by atoms with E-state index in [0.717, 1.165) is 19.5 Å². The highest BCUT2D eigenvalue weighted by Crippen LogP contribution is 2.18. The van der Waals surface area contributed by atoms with Gasteiger partial charge in [0.25, 0.3) is 0 Å². The third-order valence-electron chi connectivity index (χ3n) is 2.05. The maximum absolute atomic E-state index is 5.84. The van der Waals surface area contributed by atoms with Crippen molar-refractivity contribution in [3.8, 4) is 0 Å². The van der Waals surface area contributed by atoms with Gasteiger partial charge in [0, 0.05) is 25.0 Å². The van der Waals surface area contributed by atoms with Gasteiger partial charge in [-0.15, -0.1) is 0 Å². The lowest BCUT2D eigenvalue weighted by molar-refractivity contribution is 0.547. The number of nitrogens with one attached hydrogen (secondary N) is 1. The standard InChI is InChI=1S/C7H10ClN3/c8-7-10-3-4-11(7)6-1-2-9-5-6/h3-4,6,9H,1-2,5H2. The molecule has 1 unspecified atom stereocenters. The Kier molecular flexibility index (Phi) is 1.84. The van der Waals surface area contributed by atoms with Gasteiger partial charge >= 0.3 is 0 Å². The summed E-state index contributed by atoms with van der Waals surface area (Å²) < 4.78 is 2.02. The third-order valence-corrected chi connectivity index (χ3v) is 2.34. The maximum atomic E-state index is 5.84. The van der Waals surface area contributed by atoms with Crippen LogP contribution in [0.25, 0.3) is 0 Å². The molecule has 2 rings (SSSR count). The highest BCUT2D eigenvalue weighted by atomic mass is 35.5. The molecule has 0 spiro atoms. The van der Waals surface area contributed by atoms with Crippen molar-refractivity contribution in [3.05, 3.63) is 17.7 Å². The summed E-state index contributed by atoms with van der Waals surface area (Å²) in [6.07, 6.45) is 4.82. The van der Waals surface area contributed by atoms with Crippen molar-refractivity contribution in [2.24, 2.45) is 0 Å². The minimum Gasteiger partial charge on any atom is -0.317 e. The van der Waals surface area contributed by atoms with E-state index in [9.17, 15) is 0 Å². The second kappa shape index (κ2) is 2.83. The maximum Gasteiger partial charge on any atom is 0.202 e. The van der Waals surface area contributed by atoms with Crippen molar-refractivity contribution in [1.82, 2.24) is 14.9 Å². The van der Waals surface area contributed by atoms with Gasteiger partial charge in [-0.1, -0.05) is 0 Å². The third kappa shape index (κ3) is 1.26. The SMILES string of the molecule is Clc1nccn1C1CCNC1. The molecular weight excluding hydrogens is 162 g/mol. The zero-order chi connectivity index (χ0) is 7.68. The van der Waals surface area contributed by atoms with E-state index < -0.39 is 0 Å². The molecule has 1 aromatic heterocycles. The fourth-order valence-corrected chi connectivity index (χ4v) is 1.69. The summed E-state index contributed by atoms with van der Waals surface area (Å²) in [4.78, 5) is 3.96. The van der Waals surface area contributed by atoms with E-state index in [1.165, 1.54) is 0 Å². The number of hydrogen-bond donors (Lipinski definition) is 1. The highest BCUT2D eigenvalue weighted by molar-refractivity contribution is 6.28. The number of aromatic nitrogens is 2. The van der Waals surface area contributed by atoms with Crippen LogP contribution in [0.1, 0.15) is 12.5 Å². The van der Waals surface area contributed by atoms with Crippen LogP contribution in [-0.4, -0.2) is 22.6 Å². The van der Waals surface area contributed by atoms with Crippen LogP contribution in [0.2, 0.25) is 5.28 Å². The Hall–Kier alpha value is -0.540. The summed E-state index contributed by atoms with van der Waals surface area (Å²) in [5, 5.41) is 3.88. The number of hydrogen-bond acceptors (Lipinski definition) is 2. The summed E-state index contributed by atoms with van der Waals surface area (Å²) >= 11 is 5.84. The molecule has 2 heterocycles. The van der Waals surface area contributed by atoms with E-state index in [0.29, 0.717) is 11.3 Å². The normalized spacial score (nSPS) is 24.3.